The van der Waals surface area contributed by atoms with E-state index in [4.69, 9.17) is 5.73 Å². The molecule has 0 aliphatic rings. The summed E-state index contributed by atoms with van der Waals surface area (Å²) in [6.07, 6.45) is 5.17. The van der Waals surface area contributed by atoms with Crippen molar-refractivity contribution in [1.82, 2.24) is 14.9 Å². The minimum absolute atomic E-state index is 0.0176. The van der Waals surface area contributed by atoms with E-state index in [1.807, 2.05) is 10.8 Å². The zero-order valence-electron chi connectivity index (χ0n) is 9.71. The maximum Gasteiger partial charge on any atom is 0.253 e. The predicted octanol–water partition coefficient (Wildman–Crippen LogP) is 0.601. The predicted molar refractivity (Wildman–Crippen MR) is 67.1 cm³/mol. The van der Waals surface area contributed by atoms with Crippen LogP contribution in [0.4, 0.5) is 5.69 Å². The molecule has 0 saturated heterocycles. The zero-order valence-corrected chi connectivity index (χ0v) is 9.71. The second kappa shape index (κ2) is 5.22. The van der Waals surface area contributed by atoms with Crippen LogP contribution in [0.2, 0.25) is 0 Å². The molecule has 0 aliphatic carbocycles. The van der Waals surface area contributed by atoms with Crippen molar-refractivity contribution in [3.8, 4) is 5.75 Å². The lowest BCUT2D eigenvalue weighted by Gasteiger charge is -2.08. The highest BCUT2D eigenvalue weighted by Crippen LogP contribution is 2.17. The number of nitrogens with one attached hydrogen (secondary N) is 1. The maximum atomic E-state index is 11.8. The molecule has 0 atom stereocenters. The number of imidazole rings is 1. The van der Waals surface area contributed by atoms with E-state index in [0.717, 1.165) is 0 Å². The Bertz CT molecular complexity index is 537. The molecule has 0 bridgehead atoms. The Morgan fingerprint density at radius 3 is 3.06 bits per heavy atom. The second-order valence-corrected chi connectivity index (χ2v) is 3.83. The molecule has 6 nitrogen and oxygen atoms in total. The summed E-state index contributed by atoms with van der Waals surface area (Å²) in [5, 5.41) is 12.0. The smallest absolute Gasteiger partial charge is 0.253 e. The van der Waals surface area contributed by atoms with E-state index in [9.17, 15) is 9.90 Å². The third-order valence-electron chi connectivity index (χ3n) is 2.50. The summed E-state index contributed by atoms with van der Waals surface area (Å²) in [5.41, 5.74) is 6.29. The van der Waals surface area contributed by atoms with Crippen LogP contribution in [0.15, 0.2) is 36.9 Å². The first-order valence-corrected chi connectivity index (χ1v) is 5.49. The Hall–Kier alpha value is -2.50. The Kier molecular flexibility index (Phi) is 3.47. The molecule has 6 heteroatoms. The number of amides is 1. The number of hydrogen-bond acceptors (Lipinski definition) is 4. The quantitative estimate of drug-likeness (QED) is 0.544. The molecule has 0 saturated carbocycles. The van der Waals surface area contributed by atoms with Crippen molar-refractivity contribution < 1.29 is 9.90 Å². The molecule has 0 spiro atoms. The van der Waals surface area contributed by atoms with Crippen LogP contribution >= 0.6 is 0 Å². The van der Waals surface area contributed by atoms with E-state index < -0.39 is 0 Å². The number of aromatic hydroxyl groups is 1. The van der Waals surface area contributed by atoms with Gasteiger partial charge in [0.25, 0.3) is 5.91 Å². The molecule has 1 amide bonds. The van der Waals surface area contributed by atoms with Crippen LogP contribution in [0, 0.1) is 0 Å². The summed E-state index contributed by atoms with van der Waals surface area (Å²) in [5.74, 6) is -0.285. The van der Waals surface area contributed by atoms with Crippen LogP contribution in [-0.4, -0.2) is 27.1 Å². The van der Waals surface area contributed by atoms with Gasteiger partial charge in [-0.15, -0.1) is 0 Å². The van der Waals surface area contributed by atoms with Crippen molar-refractivity contribution >= 4 is 11.6 Å². The summed E-state index contributed by atoms with van der Waals surface area (Å²) < 4.78 is 1.85. The van der Waals surface area contributed by atoms with Gasteiger partial charge in [-0.2, -0.15) is 0 Å². The van der Waals surface area contributed by atoms with Crippen molar-refractivity contribution in [2.75, 3.05) is 12.3 Å². The van der Waals surface area contributed by atoms with Gasteiger partial charge in [0, 0.05) is 31.2 Å². The van der Waals surface area contributed by atoms with Gasteiger partial charge in [-0.1, -0.05) is 0 Å². The molecule has 2 aromatic rings. The Balaban J connectivity index is 1.93. The molecule has 18 heavy (non-hydrogen) atoms. The number of phenolic OH excluding ortho intramolecular Hbond substituents is 1. The van der Waals surface area contributed by atoms with Gasteiger partial charge in [0.15, 0.2) is 0 Å². The molecule has 0 aliphatic heterocycles. The van der Waals surface area contributed by atoms with Gasteiger partial charge in [-0.05, 0) is 18.2 Å². The fourth-order valence-electron chi connectivity index (χ4n) is 1.55. The first-order valence-electron chi connectivity index (χ1n) is 5.49. The van der Waals surface area contributed by atoms with Gasteiger partial charge in [0.1, 0.15) is 5.75 Å². The lowest BCUT2D eigenvalue weighted by atomic mass is 10.1. The number of aromatic nitrogens is 2. The van der Waals surface area contributed by atoms with E-state index in [0.29, 0.717) is 18.8 Å². The first-order chi connectivity index (χ1) is 8.66. The minimum Gasteiger partial charge on any atom is -0.508 e. The molecule has 94 valence electrons. The van der Waals surface area contributed by atoms with Gasteiger partial charge in [0.05, 0.1) is 11.9 Å². The molecule has 0 radical (unpaired) electrons. The van der Waals surface area contributed by atoms with Gasteiger partial charge < -0.3 is 20.7 Å². The monoisotopic (exact) mass is 246 g/mol. The van der Waals surface area contributed by atoms with Crippen molar-refractivity contribution in [2.24, 2.45) is 0 Å². The fourth-order valence-corrected chi connectivity index (χ4v) is 1.55. The SMILES string of the molecule is Nc1ccc(O)cc1C(=O)NCCn1ccnc1. The average Bonchev–Trinajstić information content (AvgIpc) is 2.85. The third kappa shape index (κ3) is 2.79. The maximum absolute atomic E-state index is 11.8. The van der Waals surface area contributed by atoms with E-state index in [2.05, 4.69) is 10.3 Å². The largest absolute Gasteiger partial charge is 0.508 e. The Morgan fingerprint density at radius 1 is 1.50 bits per heavy atom. The van der Waals surface area contributed by atoms with Crippen LogP contribution in [0.5, 0.6) is 5.75 Å². The Morgan fingerprint density at radius 2 is 2.33 bits per heavy atom. The molecule has 0 fully saturated rings. The number of nitrogens with zero attached hydrogens (tertiary/aromatic N) is 2. The summed E-state index contributed by atoms with van der Waals surface area (Å²) in [7, 11) is 0. The fraction of sp³-hybridized carbons (Fsp3) is 0.167. The van der Waals surface area contributed by atoms with Crippen molar-refractivity contribution in [3.05, 3.63) is 42.5 Å². The number of rotatable bonds is 4. The molecular formula is C12H14N4O2. The summed E-state index contributed by atoms with van der Waals surface area (Å²) in [4.78, 5) is 15.7. The zero-order chi connectivity index (χ0) is 13.0. The van der Waals surface area contributed by atoms with E-state index in [1.54, 1.807) is 12.5 Å². The van der Waals surface area contributed by atoms with Crippen LogP contribution in [0.3, 0.4) is 0 Å². The van der Waals surface area contributed by atoms with Gasteiger partial charge >= 0.3 is 0 Å². The van der Waals surface area contributed by atoms with Crippen molar-refractivity contribution in [3.63, 3.8) is 0 Å². The highest BCUT2D eigenvalue weighted by Gasteiger charge is 2.09. The molecule has 0 unspecified atom stereocenters. The van der Waals surface area contributed by atoms with Crippen LogP contribution in [-0.2, 0) is 6.54 Å². The van der Waals surface area contributed by atoms with Crippen LogP contribution in [0.25, 0.3) is 0 Å². The van der Waals surface area contributed by atoms with Gasteiger partial charge in [0.2, 0.25) is 0 Å². The summed E-state index contributed by atoms with van der Waals surface area (Å²) in [6.45, 7) is 1.09. The number of benzene rings is 1. The van der Waals surface area contributed by atoms with Crippen molar-refractivity contribution in [2.45, 2.75) is 6.54 Å². The first kappa shape index (κ1) is 12.0. The van der Waals surface area contributed by atoms with Gasteiger partial charge in [-0.3, -0.25) is 4.79 Å². The molecule has 4 N–H and O–H groups in total. The summed E-state index contributed by atoms with van der Waals surface area (Å²) in [6, 6.07) is 4.29. The van der Waals surface area contributed by atoms with Crippen LogP contribution in [0.1, 0.15) is 10.4 Å². The molecule has 2 rings (SSSR count). The molecular weight excluding hydrogens is 232 g/mol. The number of phenols is 1. The van der Waals surface area contributed by atoms with Crippen LogP contribution < -0.4 is 11.1 Å². The lowest BCUT2D eigenvalue weighted by Crippen LogP contribution is -2.27. The minimum atomic E-state index is -0.302. The van der Waals surface area contributed by atoms with Crippen molar-refractivity contribution in [1.29, 1.82) is 0 Å². The average molecular weight is 246 g/mol. The molecule has 1 aromatic heterocycles. The number of anilines is 1. The van der Waals surface area contributed by atoms with Gasteiger partial charge in [-0.25, -0.2) is 4.98 Å². The third-order valence-corrected chi connectivity index (χ3v) is 2.50. The topological polar surface area (TPSA) is 93.2 Å². The van der Waals surface area contributed by atoms with E-state index >= 15 is 0 Å². The van der Waals surface area contributed by atoms with E-state index in [1.165, 1.54) is 18.2 Å². The summed E-state index contributed by atoms with van der Waals surface area (Å²) >= 11 is 0. The van der Waals surface area contributed by atoms with E-state index in [-0.39, 0.29) is 17.2 Å². The number of nitrogens with two attached hydrogens (primary N) is 1. The second-order valence-electron chi connectivity index (χ2n) is 3.83. The number of carbonyl (C=O) groups excluding carboxylic acids is 1. The number of hydrogen-bond donors (Lipinski definition) is 3. The lowest BCUT2D eigenvalue weighted by molar-refractivity contribution is 0.0953. The normalized spacial score (nSPS) is 10.2. The molecule has 1 aromatic carbocycles. The Labute approximate surface area is 104 Å². The molecule has 1 heterocycles. The standard InChI is InChI=1S/C12H14N4O2/c13-11-2-1-9(17)7-10(11)12(18)15-4-6-16-5-3-14-8-16/h1-3,5,7-8,17H,4,6,13H2,(H,15,18). The number of carbonyl (C=O) groups is 1. The highest BCUT2D eigenvalue weighted by molar-refractivity contribution is 5.99. The highest BCUT2D eigenvalue weighted by atomic mass is 16.3. The number of nitrogen functional groups attached to an aromatic ring is 1.